The number of rotatable bonds is 3. The molecule has 0 saturated carbocycles. The van der Waals surface area contributed by atoms with Gasteiger partial charge in [-0.2, -0.15) is 13.2 Å². The van der Waals surface area contributed by atoms with Crippen molar-refractivity contribution in [3.63, 3.8) is 0 Å². The summed E-state index contributed by atoms with van der Waals surface area (Å²) in [5.74, 6) is 0. The van der Waals surface area contributed by atoms with Crippen molar-refractivity contribution in [2.24, 2.45) is 0 Å². The maximum Gasteiger partial charge on any atom is 0.416 e. The molecule has 0 amide bonds. The van der Waals surface area contributed by atoms with Crippen molar-refractivity contribution in [3.8, 4) is 0 Å². The molecule has 0 unspecified atom stereocenters. The van der Waals surface area contributed by atoms with Gasteiger partial charge in [0.15, 0.2) is 0 Å². The van der Waals surface area contributed by atoms with Gasteiger partial charge in [0.05, 0.1) is 5.56 Å². The molecule has 2 aromatic carbocycles. The monoisotopic (exact) mass is 408 g/mol. The Balaban J connectivity index is 2.31. The van der Waals surface area contributed by atoms with Crippen molar-refractivity contribution in [2.45, 2.75) is 29.3 Å². The average molecular weight is 408 g/mol. The maximum atomic E-state index is 13.0. The summed E-state index contributed by atoms with van der Waals surface area (Å²) in [7, 11) is 0. The summed E-state index contributed by atoms with van der Waals surface area (Å²) in [4.78, 5) is 1.54. The minimum atomic E-state index is -4.30. The van der Waals surface area contributed by atoms with Crippen molar-refractivity contribution in [3.05, 3.63) is 57.2 Å². The predicted octanol–water partition coefficient (Wildman–Crippen LogP) is 6.02. The standard InChI is InChI=1S/C15H12F3IS/c1-2-10-3-6-13(9-14(10)15(16,17)18)20-12-7-4-11(19)5-8-12/h3-9H,2H2,1H3. The predicted molar refractivity (Wildman–Crippen MR) is 84.1 cm³/mol. The van der Waals surface area contributed by atoms with Gasteiger partial charge in [0.25, 0.3) is 0 Å². The van der Waals surface area contributed by atoms with Crippen LogP contribution in [0, 0.1) is 3.57 Å². The summed E-state index contributed by atoms with van der Waals surface area (Å²) in [6, 6.07) is 12.2. The highest BCUT2D eigenvalue weighted by Crippen LogP contribution is 2.36. The smallest absolute Gasteiger partial charge is 0.166 e. The van der Waals surface area contributed by atoms with Crippen LogP contribution in [0.2, 0.25) is 0 Å². The fraction of sp³-hybridized carbons (Fsp3) is 0.200. The van der Waals surface area contributed by atoms with Crippen molar-refractivity contribution in [2.75, 3.05) is 0 Å². The maximum absolute atomic E-state index is 13.0. The third-order valence-corrected chi connectivity index (χ3v) is 4.53. The van der Waals surface area contributed by atoms with Gasteiger partial charge in [-0.25, -0.2) is 0 Å². The highest BCUT2D eigenvalue weighted by Gasteiger charge is 2.33. The normalized spacial score (nSPS) is 11.7. The molecule has 0 heterocycles. The Bertz CT molecular complexity index is 591. The van der Waals surface area contributed by atoms with E-state index in [1.807, 2.05) is 24.3 Å². The lowest BCUT2D eigenvalue weighted by molar-refractivity contribution is -0.138. The molecule has 5 heteroatoms. The second-order valence-electron chi connectivity index (χ2n) is 4.23. The molecule has 0 aliphatic carbocycles. The highest BCUT2D eigenvalue weighted by molar-refractivity contribution is 14.1. The molecular formula is C15H12F3IS. The molecule has 0 spiro atoms. The molecule has 2 aromatic rings. The molecule has 0 aliphatic heterocycles. The molecule has 2 rings (SSSR count). The first-order valence-electron chi connectivity index (χ1n) is 6.03. The van der Waals surface area contributed by atoms with Crippen molar-refractivity contribution < 1.29 is 13.2 Å². The van der Waals surface area contributed by atoms with Crippen LogP contribution in [0.15, 0.2) is 52.3 Å². The quantitative estimate of drug-likeness (QED) is 0.560. The lowest BCUT2D eigenvalue weighted by atomic mass is 10.1. The fourth-order valence-corrected chi connectivity index (χ4v) is 3.05. The van der Waals surface area contributed by atoms with Crippen LogP contribution in [-0.4, -0.2) is 0 Å². The Morgan fingerprint density at radius 2 is 1.60 bits per heavy atom. The minimum absolute atomic E-state index is 0.337. The van der Waals surface area contributed by atoms with E-state index >= 15 is 0 Å². The van der Waals surface area contributed by atoms with E-state index in [-0.39, 0.29) is 0 Å². The Hall–Kier alpha value is -0.690. The summed E-state index contributed by atoms with van der Waals surface area (Å²) in [5.41, 5.74) is -0.194. The van der Waals surface area contributed by atoms with E-state index in [4.69, 9.17) is 0 Å². The molecule has 0 atom stereocenters. The summed E-state index contributed by atoms with van der Waals surface area (Å²) in [5, 5.41) is 0. The second-order valence-corrected chi connectivity index (χ2v) is 6.62. The third-order valence-electron chi connectivity index (χ3n) is 2.82. The first-order valence-corrected chi connectivity index (χ1v) is 7.93. The third kappa shape index (κ3) is 3.91. The van der Waals surface area contributed by atoms with Gasteiger partial charge in [0.2, 0.25) is 0 Å². The van der Waals surface area contributed by atoms with Gasteiger partial charge in [-0.05, 0) is 71.0 Å². The van der Waals surface area contributed by atoms with E-state index in [0.717, 1.165) is 8.47 Å². The van der Waals surface area contributed by atoms with Crippen LogP contribution < -0.4 is 0 Å². The van der Waals surface area contributed by atoms with Crippen LogP contribution in [0.5, 0.6) is 0 Å². The molecule has 0 radical (unpaired) electrons. The van der Waals surface area contributed by atoms with Crippen molar-refractivity contribution in [1.29, 1.82) is 0 Å². The van der Waals surface area contributed by atoms with E-state index in [1.165, 1.54) is 17.8 Å². The Kier molecular flexibility index (Phi) is 5.01. The van der Waals surface area contributed by atoms with Crippen LogP contribution in [0.25, 0.3) is 0 Å². The molecule has 0 fully saturated rings. The van der Waals surface area contributed by atoms with Gasteiger partial charge in [0.1, 0.15) is 0 Å². The van der Waals surface area contributed by atoms with Crippen LogP contribution in [0.3, 0.4) is 0 Å². The summed E-state index contributed by atoms with van der Waals surface area (Å²) >= 11 is 3.54. The van der Waals surface area contributed by atoms with Crippen LogP contribution in [-0.2, 0) is 12.6 Å². The van der Waals surface area contributed by atoms with Gasteiger partial charge >= 0.3 is 6.18 Å². The van der Waals surface area contributed by atoms with Gasteiger partial charge in [-0.15, -0.1) is 0 Å². The molecule has 106 valence electrons. The lowest BCUT2D eigenvalue weighted by Crippen LogP contribution is -2.08. The molecule has 0 aromatic heterocycles. The number of halogens is 4. The number of hydrogen-bond acceptors (Lipinski definition) is 1. The first kappa shape index (κ1) is 15.7. The average Bonchev–Trinajstić information content (AvgIpc) is 2.40. The molecule has 0 N–H and O–H groups in total. The highest BCUT2D eigenvalue weighted by atomic mass is 127. The zero-order chi connectivity index (χ0) is 14.8. The molecular weight excluding hydrogens is 396 g/mol. The van der Waals surface area contributed by atoms with Crippen LogP contribution in [0.4, 0.5) is 13.2 Å². The summed E-state index contributed by atoms with van der Waals surface area (Å²) in [6.07, 6.45) is -3.92. The van der Waals surface area contributed by atoms with E-state index in [9.17, 15) is 13.2 Å². The van der Waals surface area contributed by atoms with Crippen LogP contribution >= 0.6 is 34.4 Å². The Morgan fingerprint density at radius 1 is 1.00 bits per heavy atom. The van der Waals surface area contributed by atoms with E-state index < -0.39 is 11.7 Å². The van der Waals surface area contributed by atoms with E-state index in [2.05, 4.69) is 22.6 Å². The lowest BCUT2D eigenvalue weighted by Gasteiger charge is -2.13. The Labute approximate surface area is 133 Å². The molecule has 0 aliphatic rings. The number of aryl methyl sites for hydroxylation is 1. The zero-order valence-corrected chi connectivity index (χ0v) is 13.6. The van der Waals surface area contributed by atoms with Gasteiger partial charge < -0.3 is 0 Å². The van der Waals surface area contributed by atoms with E-state index in [1.54, 1.807) is 19.1 Å². The fourth-order valence-electron chi connectivity index (χ4n) is 1.83. The van der Waals surface area contributed by atoms with Crippen molar-refractivity contribution in [1.82, 2.24) is 0 Å². The zero-order valence-electron chi connectivity index (χ0n) is 10.7. The molecule has 0 nitrogen and oxygen atoms in total. The summed E-state index contributed by atoms with van der Waals surface area (Å²) in [6.45, 7) is 1.73. The summed E-state index contributed by atoms with van der Waals surface area (Å²) < 4.78 is 40.1. The molecule has 20 heavy (non-hydrogen) atoms. The largest absolute Gasteiger partial charge is 0.416 e. The SMILES string of the molecule is CCc1ccc(Sc2ccc(I)cc2)cc1C(F)(F)F. The van der Waals surface area contributed by atoms with E-state index in [0.29, 0.717) is 16.9 Å². The topological polar surface area (TPSA) is 0 Å². The Morgan fingerprint density at radius 3 is 2.15 bits per heavy atom. The van der Waals surface area contributed by atoms with Crippen molar-refractivity contribution >= 4 is 34.4 Å². The molecule has 0 bridgehead atoms. The number of hydrogen-bond donors (Lipinski definition) is 0. The van der Waals surface area contributed by atoms with Gasteiger partial charge in [0, 0.05) is 13.4 Å². The number of benzene rings is 2. The van der Waals surface area contributed by atoms with Gasteiger partial charge in [-0.1, -0.05) is 24.8 Å². The molecule has 0 saturated heterocycles. The minimum Gasteiger partial charge on any atom is -0.166 e. The first-order chi connectivity index (χ1) is 9.40. The number of alkyl halides is 3. The van der Waals surface area contributed by atoms with Crippen LogP contribution in [0.1, 0.15) is 18.1 Å². The second kappa shape index (κ2) is 6.39. The van der Waals surface area contributed by atoms with Gasteiger partial charge in [-0.3, -0.25) is 0 Å².